The number of hydrogen-bond donors (Lipinski definition) is 0. The number of rotatable bonds is 6. The summed E-state index contributed by atoms with van der Waals surface area (Å²) < 4.78 is 37.9. The van der Waals surface area contributed by atoms with Crippen molar-refractivity contribution in [3.05, 3.63) is 23.8 Å². The fourth-order valence-corrected chi connectivity index (χ4v) is 3.71. The molecule has 1 heterocycles. The molecule has 0 spiro atoms. The highest BCUT2D eigenvalue weighted by molar-refractivity contribution is 7.89. The number of aryl methyl sites for hydroxylation is 1. The van der Waals surface area contributed by atoms with Crippen LogP contribution in [0, 0.1) is 6.92 Å². The van der Waals surface area contributed by atoms with Crippen molar-refractivity contribution in [3.8, 4) is 5.75 Å². The fraction of sp³-hybridized carbons (Fsp3) is 0.600. The van der Waals surface area contributed by atoms with E-state index < -0.39 is 10.0 Å². The van der Waals surface area contributed by atoms with Gasteiger partial charge in [-0.05, 0) is 31.0 Å². The molecule has 1 fully saturated rings. The molecule has 6 heteroatoms. The lowest BCUT2D eigenvalue weighted by molar-refractivity contribution is 0.0729. The molecule has 0 aliphatic carbocycles. The summed E-state index contributed by atoms with van der Waals surface area (Å²) >= 11 is 0. The van der Waals surface area contributed by atoms with Crippen LogP contribution in [0.3, 0.4) is 0 Å². The van der Waals surface area contributed by atoms with Crippen molar-refractivity contribution in [1.82, 2.24) is 4.31 Å². The van der Waals surface area contributed by atoms with Gasteiger partial charge >= 0.3 is 0 Å². The maximum Gasteiger partial charge on any atom is 0.246 e. The fourth-order valence-electron chi connectivity index (χ4n) is 2.19. The highest BCUT2D eigenvalue weighted by atomic mass is 32.2. The summed E-state index contributed by atoms with van der Waals surface area (Å²) in [6.45, 7) is 6.21. The van der Waals surface area contributed by atoms with Crippen molar-refractivity contribution in [2.24, 2.45) is 0 Å². The lowest BCUT2D eigenvalue weighted by atomic mass is 10.2. The molecule has 0 N–H and O–H groups in total. The number of unbranched alkanes of at least 4 members (excludes halogenated alkanes) is 1. The molecule has 0 amide bonds. The van der Waals surface area contributed by atoms with Crippen molar-refractivity contribution in [2.75, 3.05) is 32.9 Å². The van der Waals surface area contributed by atoms with Crippen LogP contribution in [0.2, 0.25) is 0 Å². The lowest BCUT2D eigenvalue weighted by Crippen LogP contribution is -2.40. The smallest absolute Gasteiger partial charge is 0.246 e. The molecule has 0 bridgehead atoms. The molecule has 0 saturated carbocycles. The molecule has 1 aliphatic rings. The first kappa shape index (κ1) is 16.3. The molecule has 0 radical (unpaired) electrons. The van der Waals surface area contributed by atoms with Gasteiger partial charge in [0.25, 0.3) is 0 Å². The Morgan fingerprint density at radius 2 is 2.00 bits per heavy atom. The van der Waals surface area contributed by atoms with Gasteiger partial charge < -0.3 is 9.47 Å². The number of sulfonamides is 1. The van der Waals surface area contributed by atoms with E-state index in [1.54, 1.807) is 18.2 Å². The van der Waals surface area contributed by atoms with E-state index in [-0.39, 0.29) is 4.90 Å². The van der Waals surface area contributed by atoms with E-state index in [9.17, 15) is 8.42 Å². The zero-order valence-corrected chi connectivity index (χ0v) is 13.5. The Morgan fingerprint density at radius 3 is 2.67 bits per heavy atom. The van der Waals surface area contributed by atoms with Gasteiger partial charge in [-0.25, -0.2) is 8.42 Å². The Balaban J connectivity index is 2.28. The first-order chi connectivity index (χ1) is 10.1. The van der Waals surface area contributed by atoms with E-state index in [0.717, 1.165) is 18.4 Å². The third-order valence-corrected chi connectivity index (χ3v) is 5.38. The zero-order chi connectivity index (χ0) is 15.3. The molecule has 118 valence electrons. The van der Waals surface area contributed by atoms with E-state index in [1.807, 2.05) is 6.92 Å². The molecule has 1 aliphatic heterocycles. The van der Waals surface area contributed by atoms with Crippen molar-refractivity contribution in [1.29, 1.82) is 0 Å². The van der Waals surface area contributed by atoms with Crippen molar-refractivity contribution >= 4 is 10.0 Å². The topological polar surface area (TPSA) is 55.8 Å². The highest BCUT2D eigenvalue weighted by Crippen LogP contribution is 2.28. The summed E-state index contributed by atoms with van der Waals surface area (Å²) in [5.41, 5.74) is 0.988. The van der Waals surface area contributed by atoms with E-state index in [1.165, 1.54) is 4.31 Å². The van der Waals surface area contributed by atoms with Crippen molar-refractivity contribution in [3.63, 3.8) is 0 Å². The third kappa shape index (κ3) is 3.96. The molecule has 2 rings (SSSR count). The molecule has 5 nitrogen and oxygen atoms in total. The average Bonchev–Trinajstić information content (AvgIpc) is 2.48. The van der Waals surface area contributed by atoms with E-state index in [0.29, 0.717) is 38.7 Å². The summed E-state index contributed by atoms with van der Waals surface area (Å²) in [5.74, 6) is 0.454. The minimum absolute atomic E-state index is 0.256. The van der Waals surface area contributed by atoms with Crippen LogP contribution in [0.5, 0.6) is 5.75 Å². The molecule has 1 aromatic carbocycles. The maximum absolute atomic E-state index is 12.7. The molecule has 1 aromatic rings. The number of morpholine rings is 1. The largest absolute Gasteiger partial charge is 0.492 e. The van der Waals surface area contributed by atoms with Crippen LogP contribution in [-0.4, -0.2) is 45.6 Å². The second-order valence-electron chi connectivity index (χ2n) is 5.17. The standard InChI is InChI=1S/C15H23NO4S/c1-3-4-9-20-14-12-13(2)5-6-15(14)21(17,18)16-7-10-19-11-8-16/h5-6,12H,3-4,7-11H2,1-2H3. The average molecular weight is 313 g/mol. The summed E-state index contributed by atoms with van der Waals surface area (Å²) in [6.07, 6.45) is 1.92. The Hall–Kier alpha value is -1.11. The van der Waals surface area contributed by atoms with Crippen LogP contribution in [-0.2, 0) is 14.8 Å². The third-order valence-electron chi connectivity index (χ3n) is 3.44. The number of nitrogens with zero attached hydrogens (tertiary/aromatic N) is 1. The van der Waals surface area contributed by atoms with Gasteiger partial charge in [-0.1, -0.05) is 19.4 Å². The van der Waals surface area contributed by atoms with Gasteiger partial charge in [0.2, 0.25) is 10.0 Å². The lowest BCUT2D eigenvalue weighted by Gasteiger charge is -2.27. The van der Waals surface area contributed by atoms with E-state index in [2.05, 4.69) is 6.92 Å². The molecule has 21 heavy (non-hydrogen) atoms. The molecule has 1 saturated heterocycles. The number of ether oxygens (including phenoxy) is 2. The Morgan fingerprint density at radius 1 is 1.29 bits per heavy atom. The van der Waals surface area contributed by atoms with Crippen LogP contribution in [0.1, 0.15) is 25.3 Å². The predicted octanol–water partition coefficient (Wildman–Crippen LogP) is 2.19. The Labute approximate surface area is 126 Å². The minimum atomic E-state index is -3.52. The minimum Gasteiger partial charge on any atom is -0.492 e. The van der Waals surface area contributed by atoms with Gasteiger partial charge in [-0.2, -0.15) is 4.31 Å². The molecular weight excluding hydrogens is 290 g/mol. The van der Waals surface area contributed by atoms with Crippen molar-refractivity contribution in [2.45, 2.75) is 31.6 Å². The number of benzene rings is 1. The Kier molecular flexibility index (Phi) is 5.61. The predicted molar refractivity (Wildman–Crippen MR) is 81.2 cm³/mol. The quantitative estimate of drug-likeness (QED) is 0.756. The van der Waals surface area contributed by atoms with Crippen LogP contribution < -0.4 is 4.74 Å². The van der Waals surface area contributed by atoms with Crippen LogP contribution in [0.4, 0.5) is 0 Å². The summed E-state index contributed by atoms with van der Waals surface area (Å²) in [7, 11) is -3.52. The van der Waals surface area contributed by atoms with Crippen molar-refractivity contribution < 1.29 is 17.9 Å². The summed E-state index contributed by atoms with van der Waals surface area (Å²) in [6, 6.07) is 5.24. The van der Waals surface area contributed by atoms with Gasteiger partial charge in [-0.3, -0.25) is 0 Å². The maximum atomic E-state index is 12.7. The Bertz CT molecular complexity index is 565. The van der Waals surface area contributed by atoms with Gasteiger partial charge in [-0.15, -0.1) is 0 Å². The number of hydrogen-bond acceptors (Lipinski definition) is 4. The summed E-state index contributed by atoms with van der Waals surface area (Å²) in [4.78, 5) is 0.256. The molecule has 0 atom stereocenters. The first-order valence-electron chi connectivity index (χ1n) is 7.37. The SMILES string of the molecule is CCCCOc1cc(C)ccc1S(=O)(=O)N1CCOCC1. The van der Waals surface area contributed by atoms with Gasteiger partial charge in [0, 0.05) is 13.1 Å². The molecular formula is C15H23NO4S. The molecule has 0 aromatic heterocycles. The van der Waals surface area contributed by atoms with Gasteiger partial charge in [0.1, 0.15) is 10.6 Å². The first-order valence-corrected chi connectivity index (χ1v) is 8.81. The normalized spacial score (nSPS) is 16.9. The van der Waals surface area contributed by atoms with E-state index in [4.69, 9.17) is 9.47 Å². The second-order valence-corrected chi connectivity index (χ2v) is 7.08. The highest BCUT2D eigenvalue weighted by Gasteiger charge is 2.29. The van der Waals surface area contributed by atoms with Crippen LogP contribution in [0.25, 0.3) is 0 Å². The molecule has 0 unspecified atom stereocenters. The second kappa shape index (κ2) is 7.24. The van der Waals surface area contributed by atoms with E-state index >= 15 is 0 Å². The van der Waals surface area contributed by atoms with Crippen LogP contribution >= 0.6 is 0 Å². The van der Waals surface area contributed by atoms with Gasteiger partial charge in [0.15, 0.2) is 0 Å². The summed E-state index contributed by atoms with van der Waals surface area (Å²) in [5, 5.41) is 0. The zero-order valence-electron chi connectivity index (χ0n) is 12.7. The van der Waals surface area contributed by atoms with Gasteiger partial charge in [0.05, 0.1) is 19.8 Å². The van der Waals surface area contributed by atoms with Crippen LogP contribution in [0.15, 0.2) is 23.1 Å². The monoisotopic (exact) mass is 313 g/mol.